The topological polar surface area (TPSA) is 88.9 Å². The molecule has 29 heavy (non-hydrogen) atoms. The van der Waals surface area contributed by atoms with Crippen LogP contribution in [0.5, 0.6) is 0 Å². The zero-order valence-electron chi connectivity index (χ0n) is 15.6. The van der Waals surface area contributed by atoms with Gasteiger partial charge in [-0.3, -0.25) is 9.59 Å². The number of hydrogen-bond donors (Lipinski definition) is 2. The van der Waals surface area contributed by atoms with Crippen molar-refractivity contribution in [3.05, 3.63) is 65.5 Å². The van der Waals surface area contributed by atoms with Crippen molar-refractivity contribution in [2.45, 2.75) is 18.4 Å². The molecule has 0 radical (unpaired) electrons. The number of aromatic nitrogens is 3. The molecule has 7 nitrogen and oxygen atoms in total. The van der Waals surface area contributed by atoms with Crippen LogP contribution in [0.2, 0.25) is 0 Å². The summed E-state index contributed by atoms with van der Waals surface area (Å²) in [6, 6.07) is 10.2. The van der Waals surface area contributed by atoms with E-state index >= 15 is 0 Å². The predicted octanol–water partition coefficient (Wildman–Crippen LogP) is 3.48. The Hall–Kier alpha value is -3.27. The van der Waals surface area contributed by atoms with Crippen LogP contribution < -0.4 is 10.6 Å². The summed E-state index contributed by atoms with van der Waals surface area (Å²) in [5, 5.41) is 12.7. The molecule has 0 atom stereocenters. The Morgan fingerprint density at radius 1 is 1.14 bits per heavy atom. The largest absolute Gasteiger partial charge is 0.324 e. The minimum absolute atomic E-state index is 0.0640. The third-order valence-electron chi connectivity index (χ3n) is 4.02. The van der Waals surface area contributed by atoms with Gasteiger partial charge in [-0.05, 0) is 43.5 Å². The second-order valence-electron chi connectivity index (χ2n) is 6.04. The number of halogens is 2. The number of thioether (sulfide) groups is 1. The molecule has 0 unspecified atom stereocenters. The molecule has 0 aliphatic rings. The van der Waals surface area contributed by atoms with Crippen LogP contribution in [0.4, 0.5) is 20.2 Å². The molecule has 0 aliphatic carbocycles. The van der Waals surface area contributed by atoms with Crippen molar-refractivity contribution >= 4 is 35.0 Å². The Labute approximate surface area is 169 Å². The lowest BCUT2D eigenvalue weighted by Gasteiger charge is -2.08. The highest BCUT2D eigenvalue weighted by atomic mass is 32.2. The van der Waals surface area contributed by atoms with Crippen LogP contribution in [-0.4, -0.2) is 33.1 Å². The van der Waals surface area contributed by atoms with Crippen LogP contribution in [0.3, 0.4) is 0 Å². The third-order valence-corrected chi connectivity index (χ3v) is 4.75. The van der Waals surface area contributed by atoms with E-state index in [1.807, 2.05) is 24.5 Å². The maximum absolute atomic E-state index is 13.7. The molecule has 2 aromatic carbocycles. The average Bonchev–Trinajstić information content (AvgIpc) is 3.04. The Kier molecular flexibility index (Phi) is 6.23. The maximum atomic E-state index is 13.7. The van der Waals surface area contributed by atoms with E-state index in [0.29, 0.717) is 17.4 Å². The fourth-order valence-corrected chi connectivity index (χ4v) is 2.99. The van der Waals surface area contributed by atoms with Crippen LogP contribution >= 0.6 is 11.8 Å². The normalized spacial score (nSPS) is 10.6. The lowest BCUT2D eigenvalue weighted by molar-refractivity contribution is -0.117. The van der Waals surface area contributed by atoms with E-state index < -0.39 is 17.5 Å². The summed E-state index contributed by atoms with van der Waals surface area (Å²) in [7, 11) is 0. The van der Waals surface area contributed by atoms with E-state index in [9.17, 15) is 18.4 Å². The summed E-state index contributed by atoms with van der Waals surface area (Å²) >= 11 is 1.55. The molecule has 1 heterocycles. The highest BCUT2D eigenvalue weighted by Gasteiger charge is 2.19. The second-order valence-corrected chi connectivity index (χ2v) is 6.92. The Morgan fingerprint density at radius 3 is 2.66 bits per heavy atom. The standard InChI is InChI=1S/C19H17F2N5O2S/c1-11-18(19(28)23-16-7-6-12(20)8-15(16)21)24-25-26(11)10-17(27)22-13-4-3-5-14(9-13)29-2/h3-9H,10H2,1-2H3,(H,22,27)(H,23,28). The van der Waals surface area contributed by atoms with E-state index in [-0.39, 0.29) is 23.8 Å². The van der Waals surface area contributed by atoms with Gasteiger partial charge in [0.05, 0.1) is 11.4 Å². The lowest BCUT2D eigenvalue weighted by Crippen LogP contribution is -2.21. The van der Waals surface area contributed by atoms with Gasteiger partial charge in [0.15, 0.2) is 5.69 Å². The first-order valence-corrected chi connectivity index (χ1v) is 9.70. The van der Waals surface area contributed by atoms with Crippen LogP contribution in [0, 0.1) is 18.6 Å². The minimum Gasteiger partial charge on any atom is -0.324 e. The van der Waals surface area contributed by atoms with E-state index in [0.717, 1.165) is 17.0 Å². The van der Waals surface area contributed by atoms with Gasteiger partial charge < -0.3 is 10.6 Å². The van der Waals surface area contributed by atoms with Crippen LogP contribution in [0.15, 0.2) is 47.4 Å². The lowest BCUT2D eigenvalue weighted by atomic mass is 10.2. The van der Waals surface area contributed by atoms with Gasteiger partial charge in [0.1, 0.15) is 18.2 Å². The first kappa shape index (κ1) is 20.5. The average molecular weight is 417 g/mol. The molecular formula is C19H17F2N5O2S. The van der Waals surface area contributed by atoms with Crippen LogP contribution in [0.1, 0.15) is 16.2 Å². The fourth-order valence-electron chi connectivity index (χ4n) is 2.53. The van der Waals surface area contributed by atoms with Gasteiger partial charge in [-0.15, -0.1) is 16.9 Å². The van der Waals surface area contributed by atoms with Gasteiger partial charge in [-0.25, -0.2) is 13.5 Å². The first-order chi connectivity index (χ1) is 13.9. The molecule has 2 amide bonds. The molecule has 0 bridgehead atoms. The highest BCUT2D eigenvalue weighted by molar-refractivity contribution is 7.98. The summed E-state index contributed by atoms with van der Waals surface area (Å²) in [6.45, 7) is 1.41. The zero-order valence-corrected chi connectivity index (χ0v) is 16.4. The summed E-state index contributed by atoms with van der Waals surface area (Å²) in [4.78, 5) is 25.6. The molecule has 0 fully saturated rings. The number of carbonyl (C=O) groups is 2. The molecule has 0 saturated carbocycles. The van der Waals surface area contributed by atoms with E-state index in [1.54, 1.807) is 24.8 Å². The number of amides is 2. The molecule has 3 aromatic rings. The zero-order chi connectivity index (χ0) is 21.0. The Morgan fingerprint density at radius 2 is 1.93 bits per heavy atom. The third kappa shape index (κ3) is 4.96. The number of rotatable bonds is 6. The van der Waals surface area contributed by atoms with E-state index in [2.05, 4.69) is 20.9 Å². The van der Waals surface area contributed by atoms with E-state index in [1.165, 1.54) is 4.68 Å². The first-order valence-electron chi connectivity index (χ1n) is 8.47. The minimum atomic E-state index is -0.907. The van der Waals surface area contributed by atoms with Gasteiger partial charge >= 0.3 is 0 Å². The predicted molar refractivity (Wildman–Crippen MR) is 106 cm³/mol. The molecule has 0 spiro atoms. The van der Waals surface area contributed by atoms with Gasteiger partial charge in [-0.2, -0.15) is 0 Å². The van der Waals surface area contributed by atoms with Crippen molar-refractivity contribution < 1.29 is 18.4 Å². The number of nitrogens with one attached hydrogen (secondary N) is 2. The van der Waals surface area contributed by atoms with Crippen LogP contribution in [-0.2, 0) is 11.3 Å². The molecule has 150 valence electrons. The van der Waals surface area contributed by atoms with Gasteiger partial charge in [0.2, 0.25) is 5.91 Å². The fraction of sp³-hybridized carbons (Fsp3) is 0.158. The highest BCUT2D eigenvalue weighted by Crippen LogP contribution is 2.19. The van der Waals surface area contributed by atoms with Crippen molar-refractivity contribution in [1.82, 2.24) is 15.0 Å². The number of hydrogen-bond acceptors (Lipinski definition) is 5. The molecule has 2 N–H and O–H groups in total. The van der Waals surface area contributed by atoms with Gasteiger partial charge in [0.25, 0.3) is 5.91 Å². The Bertz CT molecular complexity index is 1070. The van der Waals surface area contributed by atoms with Crippen molar-refractivity contribution in [3.8, 4) is 0 Å². The van der Waals surface area contributed by atoms with Crippen molar-refractivity contribution in [3.63, 3.8) is 0 Å². The number of carbonyl (C=O) groups excluding carboxylic acids is 2. The maximum Gasteiger partial charge on any atom is 0.278 e. The van der Waals surface area contributed by atoms with Crippen molar-refractivity contribution in [1.29, 1.82) is 0 Å². The summed E-state index contributed by atoms with van der Waals surface area (Å²) < 4.78 is 28.0. The quantitative estimate of drug-likeness (QED) is 0.600. The van der Waals surface area contributed by atoms with Crippen molar-refractivity contribution in [2.24, 2.45) is 0 Å². The molecule has 10 heteroatoms. The number of nitrogens with zero attached hydrogens (tertiary/aromatic N) is 3. The van der Waals surface area contributed by atoms with Gasteiger partial charge in [0, 0.05) is 16.6 Å². The molecule has 0 aliphatic heterocycles. The SMILES string of the molecule is CSc1cccc(NC(=O)Cn2nnc(C(=O)Nc3ccc(F)cc3F)c2C)c1. The molecular weight excluding hydrogens is 400 g/mol. The molecule has 0 saturated heterocycles. The summed E-state index contributed by atoms with van der Waals surface area (Å²) in [5.41, 5.74) is 0.727. The number of anilines is 2. The van der Waals surface area contributed by atoms with Gasteiger partial charge in [-0.1, -0.05) is 11.3 Å². The summed E-state index contributed by atoms with van der Waals surface area (Å²) in [5.74, 6) is -2.72. The molecule has 1 aromatic heterocycles. The van der Waals surface area contributed by atoms with E-state index in [4.69, 9.17) is 0 Å². The smallest absolute Gasteiger partial charge is 0.278 e. The van der Waals surface area contributed by atoms with Crippen LogP contribution in [0.25, 0.3) is 0 Å². The number of benzene rings is 2. The Balaban J connectivity index is 1.68. The molecule has 3 rings (SSSR count). The second kappa shape index (κ2) is 8.82. The summed E-state index contributed by atoms with van der Waals surface area (Å²) in [6.07, 6.45) is 1.93. The van der Waals surface area contributed by atoms with Crippen molar-refractivity contribution in [2.75, 3.05) is 16.9 Å². The monoisotopic (exact) mass is 417 g/mol.